The number of hydrogen-bond acceptors (Lipinski definition) is 3. The number of rotatable bonds is 6. The molecule has 0 bridgehead atoms. The Balaban J connectivity index is 1.71. The van der Waals surface area contributed by atoms with E-state index in [1.165, 1.54) is 6.07 Å². The smallest absolute Gasteiger partial charge is 0.194 e. The molecular weight excluding hydrogens is 335 g/mol. The molecule has 6 heteroatoms. The predicted molar refractivity (Wildman–Crippen MR) is 102 cm³/mol. The summed E-state index contributed by atoms with van der Waals surface area (Å²) in [6.45, 7) is 6.30. The number of thiazole rings is 1. The molecule has 0 spiro atoms. The summed E-state index contributed by atoms with van der Waals surface area (Å²) < 4.78 is 13.6. The molecule has 4 nitrogen and oxygen atoms in total. The molecule has 1 saturated carbocycles. The first-order valence-electron chi connectivity index (χ1n) is 8.69. The van der Waals surface area contributed by atoms with Crippen molar-refractivity contribution in [2.45, 2.75) is 38.6 Å². The van der Waals surface area contributed by atoms with E-state index < -0.39 is 0 Å². The van der Waals surface area contributed by atoms with Crippen molar-refractivity contribution < 1.29 is 4.39 Å². The van der Waals surface area contributed by atoms with Crippen LogP contribution in [0, 0.1) is 12.7 Å². The SMILES string of the molecule is CCNC(=NCC1(c2cccc(F)c2)CC1)N(C)Cc1csc(C)n1. The fourth-order valence-electron chi connectivity index (χ4n) is 3.00. The monoisotopic (exact) mass is 360 g/mol. The predicted octanol–water partition coefficient (Wildman–Crippen LogP) is 3.72. The summed E-state index contributed by atoms with van der Waals surface area (Å²) in [6.07, 6.45) is 2.13. The van der Waals surface area contributed by atoms with Gasteiger partial charge in [0, 0.05) is 24.4 Å². The van der Waals surface area contributed by atoms with Crippen LogP contribution in [0.4, 0.5) is 4.39 Å². The maximum Gasteiger partial charge on any atom is 0.194 e. The molecule has 0 amide bonds. The molecule has 0 saturated heterocycles. The Morgan fingerprint density at radius 2 is 2.24 bits per heavy atom. The minimum absolute atomic E-state index is 0.000824. The van der Waals surface area contributed by atoms with Crippen molar-refractivity contribution in [2.75, 3.05) is 20.1 Å². The van der Waals surface area contributed by atoms with E-state index in [-0.39, 0.29) is 11.2 Å². The van der Waals surface area contributed by atoms with E-state index in [0.29, 0.717) is 6.54 Å². The van der Waals surface area contributed by atoms with Crippen LogP contribution < -0.4 is 5.32 Å². The lowest BCUT2D eigenvalue weighted by Crippen LogP contribution is -2.39. The first kappa shape index (κ1) is 17.9. The van der Waals surface area contributed by atoms with Gasteiger partial charge in [0.05, 0.1) is 23.8 Å². The van der Waals surface area contributed by atoms with E-state index in [4.69, 9.17) is 4.99 Å². The quantitative estimate of drug-likeness (QED) is 0.630. The van der Waals surface area contributed by atoms with Gasteiger partial charge in [-0.25, -0.2) is 9.37 Å². The van der Waals surface area contributed by atoms with E-state index in [2.05, 4.69) is 27.5 Å². The molecule has 0 aliphatic heterocycles. The topological polar surface area (TPSA) is 40.5 Å². The Morgan fingerprint density at radius 1 is 1.44 bits per heavy atom. The van der Waals surface area contributed by atoms with Gasteiger partial charge in [0.1, 0.15) is 5.82 Å². The Hall–Kier alpha value is -1.95. The van der Waals surface area contributed by atoms with Crippen LogP contribution in [0.25, 0.3) is 0 Å². The largest absolute Gasteiger partial charge is 0.357 e. The van der Waals surface area contributed by atoms with Crippen molar-refractivity contribution in [1.29, 1.82) is 0 Å². The van der Waals surface area contributed by atoms with E-state index >= 15 is 0 Å². The summed E-state index contributed by atoms with van der Waals surface area (Å²) in [7, 11) is 2.03. The minimum Gasteiger partial charge on any atom is -0.357 e. The van der Waals surface area contributed by atoms with Crippen LogP contribution >= 0.6 is 11.3 Å². The molecule has 2 aromatic rings. The van der Waals surface area contributed by atoms with Crippen LogP contribution in [0.3, 0.4) is 0 Å². The summed E-state index contributed by atoms with van der Waals surface area (Å²) in [5.74, 6) is 0.700. The molecule has 0 radical (unpaired) electrons. The molecular formula is C19H25FN4S. The van der Waals surface area contributed by atoms with Gasteiger partial charge in [-0.3, -0.25) is 4.99 Å². The molecule has 1 heterocycles. The number of aryl methyl sites for hydroxylation is 1. The average molecular weight is 361 g/mol. The highest BCUT2D eigenvalue weighted by atomic mass is 32.1. The second-order valence-electron chi connectivity index (χ2n) is 6.67. The van der Waals surface area contributed by atoms with Crippen molar-refractivity contribution >= 4 is 17.3 Å². The second-order valence-corrected chi connectivity index (χ2v) is 7.74. The zero-order valence-electron chi connectivity index (χ0n) is 15.1. The van der Waals surface area contributed by atoms with Crippen LogP contribution in [0.1, 0.15) is 36.0 Å². The van der Waals surface area contributed by atoms with Gasteiger partial charge in [0.25, 0.3) is 0 Å². The van der Waals surface area contributed by atoms with Gasteiger partial charge in [-0.1, -0.05) is 12.1 Å². The molecule has 1 aromatic carbocycles. The van der Waals surface area contributed by atoms with Crippen molar-refractivity contribution in [3.8, 4) is 0 Å². The number of hydrogen-bond donors (Lipinski definition) is 1. The summed E-state index contributed by atoms with van der Waals surface area (Å²) in [5, 5.41) is 6.52. The van der Waals surface area contributed by atoms with Crippen LogP contribution in [0.5, 0.6) is 0 Å². The molecule has 0 atom stereocenters. The van der Waals surface area contributed by atoms with Crippen molar-refractivity contribution in [3.63, 3.8) is 0 Å². The molecule has 25 heavy (non-hydrogen) atoms. The van der Waals surface area contributed by atoms with Crippen LogP contribution in [-0.4, -0.2) is 36.0 Å². The molecule has 1 aromatic heterocycles. The number of aliphatic imine (C=N–C) groups is 1. The van der Waals surface area contributed by atoms with E-state index in [1.807, 2.05) is 20.0 Å². The van der Waals surface area contributed by atoms with Gasteiger partial charge < -0.3 is 10.2 Å². The molecule has 134 valence electrons. The molecule has 1 aliphatic rings. The highest BCUT2D eigenvalue weighted by molar-refractivity contribution is 7.09. The summed E-state index contributed by atoms with van der Waals surface area (Å²) in [6, 6.07) is 6.95. The van der Waals surface area contributed by atoms with Crippen molar-refractivity contribution in [1.82, 2.24) is 15.2 Å². The van der Waals surface area contributed by atoms with Crippen LogP contribution in [0.2, 0.25) is 0 Å². The number of halogens is 1. The summed E-state index contributed by atoms with van der Waals surface area (Å²) in [4.78, 5) is 11.5. The number of benzene rings is 1. The third kappa shape index (κ3) is 4.37. The minimum atomic E-state index is -0.171. The first-order valence-corrected chi connectivity index (χ1v) is 9.57. The number of nitrogens with one attached hydrogen (secondary N) is 1. The van der Waals surface area contributed by atoms with Gasteiger partial charge >= 0.3 is 0 Å². The van der Waals surface area contributed by atoms with Crippen LogP contribution in [-0.2, 0) is 12.0 Å². The maximum absolute atomic E-state index is 13.6. The van der Waals surface area contributed by atoms with Gasteiger partial charge in [0.2, 0.25) is 0 Å². The third-order valence-electron chi connectivity index (χ3n) is 4.58. The average Bonchev–Trinajstić information content (AvgIpc) is 3.27. The lowest BCUT2D eigenvalue weighted by atomic mass is 9.96. The van der Waals surface area contributed by atoms with E-state index in [9.17, 15) is 4.39 Å². The molecule has 1 aliphatic carbocycles. The van der Waals surface area contributed by atoms with Gasteiger partial charge in [-0.15, -0.1) is 11.3 Å². The van der Waals surface area contributed by atoms with Crippen molar-refractivity contribution in [2.24, 2.45) is 4.99 Å². The zero-order valence-corrected chi connectivity index (χ0v) is 15.9. The lowest BCUT2D eigenvalue weighted by molar-refractivity contribution is 0.468. The first-order chi connectivity index (χ1) is 12.0. The second kappa shape index (κ2) is 7.52. The van der Waals surface area contributed by atoms with Crippen molar-refractivity contribution in [3.05, 3.63) is 51.7 Å². The standard InChI is InChI=1S/C19H25FN4S/c1-4-21-18(24(3)11-17-12-25-14(2)23-17)22-13-19(8-9-19)15-6-5-7-16(20)10-15/h5-7,10,12H,4,8-9,11,13H2,1-3H3,(H,21,22). The highest BCUT2D eigenvalue weighted by Gasteiger charge is 2.44. The van der Waals surface area contributed by atoms with Gasteiger partial charge in [-0.2, -0.15) is 0 Å². The Morgan fingerprint density at radius 3 is 2.84 bits per heavy atom. The molecule has 0 unspecified atom stereocenters. The fraction of sp³-hybridized carbons (Fsp3) is 0.474. The Bertz CT molecular complexity index is 751. The number of aromatic nitrogens is 1. The highest BCUT2D eigenvalue weighted by Crippen LogP contribution is 2.48. The number of guanidine groups is 1. The van der Waals surface area contributed by atoms with E-state index in [0.717, 1.165) is 48.2 Å². The van der Waals surface area contributed by atoms with Gasteiger partial charge in [-0.05, 0) is 44.4 Å². The Kier molecular flexibility index (Phi) is 5.37. The zero-order chi connectivity index (χ0) is 17.9. The molecule has 3 rings (SSSR count). The van der Waals surface area contributed by atoms with Gasteiger partial charge in [0.15, 0.2) is 5.96 Å². The van der Waals surface area contributed by atoms with E-state index in [1.54, 1.807) is 23.5 Å². The molecule has 1 fully saturated rings. The summed E-state index contributed by atoms with van der Waals surface area (Å²) >= 11 is 1.66. The lowest BCUT2D eigenvalue weighted by Gasteiger charge is -2.22. The Labute approximate surface area is 152 Å². The number of nitrogens with zero attached hydrogens (tertiary/aromatic N) is 3. The normalized spacial score (nSPS) is 15.9. The fourth-order valence-corrected chi connectivity index (χ4v) is 3.61. The maximum atomic E-state index is 13.6. The third-order valence-corrected chi connectivity index (χ3v) is 5.41. The van der Waals surface area contributed by atoms with Crippen LogP contribution in [0.15, 0.2) is 34.6 Å². The summed E-state index contributed by atoms with van der Waals surface area (Å²) in [5.41, 5.74) is 2.12. The molecule has 1 N–H and O–H groups in total.